The summed E-state index contributed by atoms with van der Waals surface area (Å²) in [4.78, 5) is 11.8. The molecule has 0 amide bonds. The van der Waals surface area contributed by atoms with Gasteiger partial charge in [0.05, 0.1) is 5.25 Å². The molecule has 0 radical (unpaired) electrons. The van der Waals surface area contributed by atoms with Crippen LogP contribution in [0.5, 0.6) is 0 Å². The standard InChI is InChI=1S/C11H18N2O3S/c1-4-5-13-7-9(12)6-10(11(13)14)17(15,16)8(2)3/h6-8H,4-5,12H2,1-3H3. The molecule has 0 aliphatic rings. The van der Waals surface area contributed by atoms with Crippen molar-refractivity contribution in [1.29, 1.82) is 0 Å². The van der Waals surface area contributed by atoms with E-state index < -0.39 is 20.6 Å². The van der Waals surface area contributed by atoms with Gasteiger partial charge >= 0.3 is 0 Å². The Kier molecular flexibility index (Phi) is 3.98. The average Bonchev–Trinajstić information content (AvgIpc) is 2.22. The van der Waals surface area contributed by atoms with Crippen molar-refractivity contribution in [3.8, 4) is 0 Å². The van der Waals surface area contributed by atoms with Gasteiger partial charge < -0.3 is 10.3 Å². The molecule has 0 unspecified atom stereocenters. The van der Waals surface area contributed by atoms with Crippen molar-refractivity contribution in [3.63, 3.8) is 0 Å². The van der Waals surface area contributed by atoms with Crippen LogP contribution in [-0.2, 0) is 16.4 Å². The van der Waals surface area contributed by atoms with E-state index in [4.69, 9.17) is 5.73 Å². The van der Waals surface area contributed by atoms with Crippen LogP contribution >= 0.6 is 0 Å². The van der Waals surface area contributed by atoms with Gasteiger partial charge in [-0.2, -0.15) is 0 Å². The molecular weight excluding hydrogens is 240 g/mol. The van der Waals surface area contributed by atoms with Gasteiger partial charge in [0.1, 0.15) is 4.90 Å². The second kappa shape index (κ2) is 4.91. The Balaban J connectivity index is 3.51. The maximum Gasteiger partial charge on any atom is 0.269 e. The molecule has 1 aromatic rings. The predicted octanol–water partition coefficient (Wildman–Crippen LogP) is 1.02. The normalized spacial score (nSPS) is 12.0. The highest BCUT2D eigenvalue weighted by Crippen LogP contribution is 2.14. The first kappa shape index (κ1) is 13.8. The van der Waals surface area contributed by atoms with E-state index in [0.717, 1.165) is 6.42 Å². The van der Waals surface area contributed by atoms with Crippen molar-refractivity contribution in [3.05, 3.63) is 22.6 Å². The quantitative estimate of drug-likeness (QED) is 0.874. The zero-order chi connectivity index (χ0) is 13.2. The van der Waals surface area contributed by atoms with Crippen molar-refractivity contribution >= 4 is 15.5 Å². The molecule has 0 atom stereocenters. The molecule has 0 bridgehead atoms. The molecule has 0 aromatic carbocycles. The van der Waals surface area contributed by atoms with Crippen LogP contribution < -0.4 is 11.3 Å². The van der Waals surface area contributed by atoms with Gasteiger partial charge in [-0.1, -0.05) is 6.92 Å². The summed E-state index contributed by atoms with van der Waals surface area (Å²) in [5.74, 6) is 0. The topological polar surface area (TPSA) is 82.2 Å². The average molecular weight is 258 g/mol. The summed E-state index contributed by atoms with van der Waals surface area (Å²) in [7, 11) is -3.58. The van der Waals surface area contributed by atoms with Gasteiger partial charge in [-0.15, -0.1) is 0 Å². The molecule has 0 spiro atoms. The number of nitrogens with zero attached hydrogens (tertiary/aromatic N) is 1. The summed E-state index contributed by atoms with van der Waals surface area (Å²) in [5.41, 5.74) is 5.43. The molecular formula is C11H18N2O3S. The molecule has 1 rings (SSSR count). The fourth-order valence-corrected chi connectivity index (χ4v) is 2.66. The lowest BCUT2D eigenvalue weighted by molar-refractivity contribution is 0.580. The molecule has 1 aromatic heterocycles. The van der Waals surface area contributed by atoms with E-state index in [1.807, 2.05) is 6.92 Å². The zero-order valence-electron chi connectivity index (χ0n) is 10.3. The molecule has 1 heterocycles. The lowest BCUT2D eigenvalue weighted by Crippen LogP contribution is -2.29. The first-order valence-electron chi connectivity index (χ1n) is 5.54. The SMILES string of the molecule is CCCn1cc(N)cc(S(=O)(=O)C(C)C)c1=O. The molecule has 0 fully saturated rings. The van der Waals surface area contributed by atoms with Crippen LogP contribution in [0.3, 0.4) is 0 Å². The number of pyridine rings is 1. The Bertz CT molecular complexity index is 559. The Hall–Kier alpha value is -1.30. The number of aromatic nitrogens is 1. The second-order valence-electron chi connectivity index (χ2n) is 4.23. The van der Waals surface area contributed by atoms with E-state index in [2.05, 4.69) is 0 Å². The zero-order valence-corrected chi connectivity index (χ0v) is 11.1. The Morgan fingerprint density at radius 3 is 2.47 bits per heavy atom. The van der Waals surface area contributed by atoms with Crippen LogP contribution in [-0.4, -0.2) is 18.2 Å². The number of nitrogen functional groups attached to an aromatic ring is 1. The van der Waals surface area contributed by atoms with Gasteiger partial charge in [0, 0.05) is 18.4 Å². The number of hydrogen-bond donors (Lipinski definition) is 1. The fraction of sp³-hybridized carbons (Fsp3) is 0.545. The Labute approximate surface area is 101 Å². The van der Waals surface area contributed by atoms with Crippen LogP contribution in [0.4, 0.5) is 5.69 Å². The summed E-state index contributed by atoms with van der Waals surface area (Å²) >= 11 is 0. The van der Waals surface area contributed by atoms with Gasteiger partial charge in [-0.3, -0.25) is 4.79 Å². The van der Waals surface area contributed by atoms with Crippen molar-refractivity contribution in [2.75, 3.05) is 5.73 Å². The van der Waals surface area contributed by atoms with Gasteiger partial charge in [0.25, 0.3) is 5.56 Å². The predicted molar refractivity (Wildman–Crippen MR) is 67.7 cm³/mol. The van der Waals surface area contributed by atoms with E-state index in [0.29, 0.717) is 6.54 Å². The number of nitrogens with two attached hydrogens (primary N) is 1. The molecule has 2 N–H and O–H groups in total. The molecule has 96 valence electrons. The fourth-order valence-electron chi connectivity index (χ4n) is 1.50. The molecule has 6 heteroatoms. The first-order chi connectivity index (χ1) is 7.80. The van der Waals surface area contributed by atoms with Gasteiger partial charge in [-0.25, -0.2) is 8.42 Å². The molecule has 5 nitrogen and oxygen atoms in total. The monoisotopic (exact) mass is 258 g/mol. The van der Waals surface area contributed by atoms with E-state index in [9.17, 15) is 13.2 Å². The largest absolute Gasteiger partial charge is 0.398 e. The Morgan fingerprint density at radius 1 is 1.41 bits per heavy atom. The number of sulfone groups is 1. The minimum absolute atomic E-state index is 0.207. The third-order valence-corrected chi connectivity index (χ3v) is 4.61. The third-order valence-electron chi connectivity index (χ3n) is 2.47. The highest BCUT2D eigenvalue weighted by atomic mass is 32.2. The molecule has 17 heavy (non-hydrogen) atoms. The summed E-state index contributed by atoms with van der Waals surface area (Å²) in [6.07, 6.45) is 2.22. The third kappa shape index (κ3) is 2.69. The van der Waals surface area contributed by atoms with Crippen LogP contribution in [0, 0.1) is 0 Å². The Morgan fingerprint density at radius 2 is 2.00 bits per heavy atom. The molecule has 0 aliphatic heterocycles. The highest BCUT2D eigenvalue weighted by molar-refractivity contribution is 7.92. The van der Waals surface area contributed by atoms with E-state index >= 15 is 0 Å². The minimum atomic E-state index is -3.58. The van der Waals surface area contributed by atoms with Gasteiger partial charge in [-0.05, 0) is 26.3 Å². The van der Waals surface area contributed by atoms with Crippen molar-refractivity contribution in [2.24, 2.45) is 0 Å². The number of hydrogen-bond acceptors (Lipinski definition) is 4. The second-order valence-corrected chi connectivity index (χ2v) is 6.70. The summed E-state index contributed by atoms with van der Waals surface area (Å²) < 4.78 is 25.3. The summed E-state index contributed by atoms with van der Waals surface area (Å²) in [6.45, 7) is 5.46. The van der Waals surface area contributed by atoms with Gasteiger partial charge in [0.2, 0.25) is 0 Å². The van der Waals surface area contributed by atoms with Crippen molar-refractivity contribution in [2.45, 2.75) is 43.9 Å². The first-order valence-corrected chi connectivity index (χ1v) is 7.09. The number of rotatable bonds is 4. The van der Waals surface area contributed by atoms with E-state index in [1.54, 1.807) is 13.8 Å². The van der Waals surface area contributed by atoms with E-state index in [1.165, 1.54) is 16.8 Å². The molecule has 0 saturated heterocycles. The smallest absolute Gasteiger partial charge is 0.269 e. The van der Waals surface area contributed by atoms with Gasteiger partial charge in [0.15, 0.2) is 9.84 Å². The number of aryl methyl sites for hydroxylation is 1. The highest BCUT2D eigenvalue weighted by Gasteiger charge is 2.24. The molecule has 0 aliphatic carbocycles. The van der Waals surface area contributed by atoms with E-state index in [-0.39, 0.29) is 10.6 Å². The van der Waals surface area contributed by atoms with Crippen molar-refractivity contribution in [1.82, 2.24) is 4.57 Å². The summed E-state index contributed by atoms with van der Waals surface area (Å²) in [6, 6.07) is 1.24. The van der Waals surface area contributed by atoms with Crippen LogP contribution in [0.15, 0.2) is 22.0 Å². The lowest BCUT2D eigenvalue weighted by atomic mass is 10.4. The van der Waals surface area contributed by atoms with Crippen LogP contribution in [0.2, 0.25) is 0 Å². The van der Waals surface area contributed by atoms with Crippen LogP contribution in [0.25, 0.3) is 0 Å². The maximum absolute atomic E-state index is 12.0. The molecule has 0 saturated carbocycles. The number of anilines is 1. The maximum atomic E-state index is 12.0. The minimum Gasteiger partial charge on any atom is -0.398 e. The van der Waals surface area contributed by atoms with Crippen molar-refractivity contribution < 1.29 is 8.42 Å². The lowest BCUT2D eigenvalue weighted by Gasteiger charge is -2.11. The summed E-state index contributed by atoms with van der Waals surface area (Å²) in [5, 5.41) is -0.632. The van der Waals surface area contributed by atoms with Crippen LogP contribution in [0.1, 0.15) is 27.2 Å².